The van der Waals surface area contributed by atoms with Crippen LogP contribution in [0.3, 0.4) is 0 Å². The maximum Gasteiger partial charge on any atom is 0.251 e. The molecule has 0 radical (unpaired) electrons. The Hall–Kier alpha value is -1.31. The predicted octanol–water partition coefficient (Wildman–Crippen LogP) is 5.27. The molecule has 5 nitrogen and oxygen atoms in total. The van der Waals surface area contributed by atoms with Crippen LogP contribution in [0.5, 0.6) is 5.75 Å². The summed E-state index contributed by atoms with van der Waals surface area (Å²) in [6, 6.07) is 16.0. The van der Waals surface area contributed by atoms with E-state index in [0.29, 0.717) is 18.7 Å². The molecule has 1 amide bonds. The van der Waals surface area contributed by atoms with Gasteiger partial charge in [-0.3, -0.25) is 4.79 Å². The quantitative estimate of drug-likeness (QED) is 0.346. The van der Waals surface area contributed by atoms with Crippen LogP contribution < -0.4 is 10.1 Å². The summed E-state index contributed by atoms with van der Waals surface area (Å²) < 4.78 is 6.29. The number of hydrogen-bond acceptors (Lipinski definition) is 4. The first-order valence-electron chi connectivity index (χ1n) is 10.6. The fraction of sp³-hybridized carbons (Fsp3) is 0.458. The Bertz CT molecular complexity index is 781. The molecule has 32 heavy (non-hydrogen) atoms. The number of nitrogens with one attached hydrogen (secondary N) is 1. The fourth-order valence-electron chi connectivity index (χ4n) is 3.26. The molecule has 0 spiro atoms. The van der Waals surface area contributed by atoms with E-state index in [-0.39, 0.29) is 30.7 Å². The number of carbonyl (C=O) groups is 1. The molecule has 0 aliphatic heterocycles. The van der Waals surface area contributed by atoms with Crippen molar-refractivity contribution in [2.24, 2.45) is 0 Å². The lowest BCUT2D eigenvalue weighted by Gasteiger charge is -2.20. The van der Waals surface area contributed by atoms with E-state index >= 15 is 0 Å². The zero-order valence-electron chi connectivity index (χ0n) is 19.2. The molecule has 0 fully saturated rings. The van der Waals surface area contributed by atoms with Gasteiger partial charge in [-0.1, -0.05) is 30.3 Å². The molecule has 0 aliphatic carbocycles. The highest BCUT2D eigenvalue weighted by molar-refractivity contribution is 9.10. The average Bonchev–Trinajstić information content (AvgIpc) is 2.73. The summed E-state index contributed by atoms with van der Waals surface area (Å²) in [5, 5.41) is 3.00. The topological polar surface area (TPSA) is 44.8 Å². The summed E-state index contributed by atoms with van der Waals surface area (Å²) in [7, 11) is 4.31. The summed E-state index contributed by atoms with van der Waals surface area (Å²) in [6.07, 6.45) is 2.06. The van der Waals surface area contributed by atoms with Crippen molar-refractivity contribution in [2.45, 2.75) is 26.3 Å². The molecule has 2 aromatic carbocycles. The summed E-state index contributed by atoms with van der Waals surface area (Å²) in [6.45, 7) is 7.28. The number of rotatable bonds is 13. The second kappa shape index (κ2) is 17.2. The third-order valence-electron chi connectivity index (χ3n) is 4.87. The van der Waals surface area contributed by atoms with E-state index in [9.17, 15) is 4.79 Å². The van der Waals surface area contributed by atoms with Crippen LogP contribution in [-0.2, 0) is 6.54 Å². The van der Waals surface area contributed by atoms with E-state index in [2.05, 4.69) is 75.5 Å². The Morgan fingerprint density at radius 3 is 2.28 bits per heavy atom. The van der Waals surface area contributed by atoms with Gasteiger partial charge in [-0.05, 0) is 93.2 Å². The van der Waals surface area contributed by atoms with Gasteiger partial charge in [0.25, 0.3) is 5.91 Å². The molecule has 0 atom stereocenters. The van der Waals surface area contributed by atoms with Crippen LogP contribution in [0.25, 0.3) is 0 Å². The minimum absolute atomic E-state index is 0. The standard InChI is InChI=1S/C24H34BrN3O2.2ClH/c1-4-30-23-13-12-21(18-22(23)25)24(29)26-14-8-15-27(2)16-9-17-28(3)19-20-10-6-5-7-11-20;;/h5-7,10-13,18H,4,8-9,14-17,19H2,1-3H3,(H,26,29);2*1H. The van der Waals surface area contributed by atoms with Gasteiger partial charge in [0.1, 0.15) is 5.75 Å². The van der Waals surface area contributed by atoms with Crippen LogP contribution in [0.1, 0.15) is 35.7 Å². The summed E-state index contributed by atoms with van der Waals surface area (Å²) in [5.74, 6) is 0.703. The summed E-state index contributed by atoms with van der Waals surface area (Å²) in [5.41, 5.74) is 1.99. The molecule has 0 bridgehead atoms. The Labute approximate surface area is 213 Å². The molecule has 8 heteroatoms. The van der Waals surface area contributed by atoms with Gasteiger partial charge in [0.05, 0.1) is 11.1 Å². The van der Waals surface area contributed by atoms with Gasteiger partial charge in [0.2, 0.25) is 0 Å². The number of ether oxygens (including phenoxy) is 1. The summed E-state index contributed by atoms with van der Waals surface area (Å²) in [4.78, 5) is 17.0. The number of halogens is 3. The van der Waals surface area contributed by atoms with E-state index < -0.39 is 0 Å². The maximum atomic E-state index is 12.3. The zero-order valence-corrected chi connectivity index (χ0v) is 22.4. The minimum atomic E-state index is -0.0519. The Kier molecular flexibility index (Phi) is 16.5. The molecule has 0 aromatic heterocycles. The van der Waals surface area contributed by atoms with Gasteiger partial charge in [-0.25, -0.2) is 0 Å². The van der Waals surface area contributed by atoms with Crippen LogP contribution in [0.4, 0.5) is 0 Å². The van der Waals surface area contributed by atoms with Crippen molar-refractivity contribution in [3.63, 3.8) is 0 Å². The predicted molar refractivity (Wildman–Crippen MR) is 142 cm³/mol. The van der Waals surface area contributed by atoms with Gasteiger partial charge >= 0.3 is 0 Å². The second-order valence-corrected chi connectivity index (χ2v) is 8.42. The zero-order chi connectivity index (χ0) is 21.8. The molecular weight excluding hydrogens is 513 g/mol. The highest BCUT2D eigenvalue weighted by Crippen LogP contribution is 2.25. The van der Waals surface area contributed by atoms with E-state index in [1.165, 1.54) is 5.56 Å². The molecule has 1 N–H and O–H groups in total. The van der Waals surface area contributed by atoms with Crippen molar-refractivity contribution in [2.75, 3.05) is 46.9 Å². The normalized spacial score (nSPS) is 10.4. The van der Waals surface area contributed by atoms with Crippen LogP contribution in [0.2, 0.25) is 0 Å². The monoisotopic (exact) mass is 547 g/mol. The Morgan fingerprint density at radius 2 is 1.62 bits per heavy atom. The van der Waals surface area contributed by atoms with Crippen LogP contribution in [-0.4, -0.2) is 62.6 Å². The first-order valence-corrected chi connectivity index (χ1v) is 11.4. The maximum absolute atomic E-state index is 12.3. The number of benzene rings is 2. The molecular formula is C24H36BrCl2N3O2. The van der Waals surface area contributed by atoms with Crippen molar-refractivity contribution < 1.29 is 9.53 Å². The molecule has 0 saturated carbocycles. The van der Waals surface area contributed by atoms with Crippen molar-refractivity contribution in [3.05, 3.63) is 64.1 Å². The highest BCUT2D eigenvalue weighted by atomic mass is 79.9. The van der Waals surface area contributed by atoms with Gasteiger partial charge in [-0.2, -0.15) is 0 Å². The minimum Gasteiger partial charge on any atom is -0.493 e. The number of nitrogens with zero attached hydrogens (tertiary/aromatic N) is 2. The SMILES string of the molecule is CCOc1ccc(C(=O)NCCCN(C)CCCN(C)Cc2ccccc2)cc1Br.Cl.Cl. The van der Waals surface area contributed by atoms with Crippen molar-refractivity contribution in [1.29, 1.82) is 0 Å². The highest BCUT2D eigenvalue weighted by Gasteiger charge is 2.09. The van der Waals surface area contributed by atoms with Gasteiger partial charge in [0.15, 0.2) is 0 Å². The van der Waals surface area contributed by atoms with Crippen LogP contribution in [0.15, 0.2) is 53.0 Å². The van der Waals surface area contributed by atoms with Crippen molar-refractivity contribution >= 4 is 46.7 Å². The third-order valence-corrected chi connectivity index (χ3v) is 5.49. The lowest BCUT2D eigenvalue weighted by atomic mass is 10.2. The average molecular weight is 549 g/mol. The van der Waals surface area contributed by atoms with Crippen molar-refractivity contribution in [1.82, 2.24) is 15.1 Å². The summed E-state index contributed by atoms with van der Waals surface area (Å²) >= 11 is 3.45. The molecule has 2 aromatic rings. The molecule has 0 saturated heterocycles. The molecule has 2 rings (SSSR count). The third kappa shape index (κ3) is 11.5. The lowest BCUT2D eigenvalue weighted by Crippen LogP contribution is -2.30. The van der Waals surface area contributed by atoms with E-state index in [1.54, 1.807) is 12.1 Å². The smallest absolute Gasteiger partial charge is 0.251 e. The van der Waals surface area contributed by atoms with Gasteiger partial charge in [-0.15, -0.1) is 24.8 Å². The first-order chi connectivity index (χ1) is 14.5. The molecule has 180 valence electrons. The van der Waals surface area contributed by atoms with E-state index in [1.807, 2.05) is 13.0 Å². The van der Waals surface area contributed by atoms with Gasteiger partial charge < -0.3 is 19.9 Å². The number of carbonyl (C=O) groups excluding carboxylic acids is 1. The Balaban J connectivity index is 0.00000480. The fourth-order valence-corrected chi connectivity index (χ4v) is 3.76. The van der Waals surface area contributed by atoms with E-state index in [4.69, 9.17) is 4.74 Å². The molecule has 0 aliphatic rings. The second-order valence-electron chi connectivity index (χ2n) is 7.57. The van der Waals surface area contributed by atoms with Gasteiger partial charge in [0, 0.05) is 18.7 Å². The van der Waals surface area contributed by atoms with Crippen LogP contribution in [0, 0.1) is 0 Å². The first kappa shape index (κ1) is 30.7. The van der Waals surface area contributed by atoms with Crippen LogP contribution >= 0.6 is 40.7 Å². The largest absolute Gasteiger partial charge is 0.493 e. The lowest BCUT2D eigenvalue weighted by molar-refractivity contribution is 0.0952. The van der Waals surface area contributed by atoms with Crippen molar-refractivity contribution in [3.8, 4) is 5.75 Å². The van der Waals surface area contributed by atoms with E-state index in [0.717, 1.165) is 49.2 Å². The molecule has 0 heterocycles. The number of hydrogen-bond donors (Lipinski definition) is 1. The Morgan fingerprint density at radius 1 is 0.969 bits per heavy atom. The number of amides is 1. The molecule has 0 unspecified atom stereocenters.